The highest BCUT2D eigenvalue weighted by Gasteiger charge is 2.18. The molecule has 0 aromatic carbocycles. The highest BCUT2D eigenvalue weighted by Crippen LogP contribution is 2.18. The summed E-state index contributed by atoms with van der Waals surface area (Å²) in [5, 5.41) is 16.9. The fraction of sp³-hybridized carbons (Fsp3) is 0.769. The van der Waals surface area contributed by atoms with Crippen molar-refractivity contribution in [2.75, 3.05) is 6.61 Å². The van der Waals surface area contributed by atoms with Crippen molar-refractivity contribution < 1.29 is 5.11 Å². The predicted octanol–water partition coefficient (Wildman–Crippen LogP) is 1.79. The molecule has 0 aliphatic heterocycles. The van der Waals surface area contributed by atoms with Gasteiger partial charge >= 0.3 is 0 Å². The van der Waals surface area contributed by atoms with Gasteiger partial charge in [-0.3, -0.25) is 4.68 Å². The van der Waals surface area contributed by atoms with E-state index in [1.165, 1.54) is 5.56 Å². The summed E-state index contributed by atoms with van der Waals surface area (Å²) < 4.78 is 1.87. The second-order valence-electron chi connectivity index (χ2n) is 5.58. The van der Waals surface area contributed by atoms with Crippen LogP contribution < -0.4 is 5.32 Å². The minimum Gasteiger partial charge on any atom is -0.396 e. The molecule has 0 fully saturated rings. The molecule has 1 aromatic rings. The maximum Gasteiger partial charge on any atom is 0.0694 e. The highest BCUT2D eigenvalue weighted by molar-refractivity contribution is 5.20. The fourth-order valence-electron chi connectivity index (χ4n) is 1.88. The smallest absolute Gasteiger partial charge is 0.0694 e. The molecule has 0 amide bonds. The molecule has 1 rings (SSSR count). The van der Waals surface area contributed by atoms with Crippen molar-refractivity contribution in [2.45, 2.75) is 52.1 Å². The monoisotopic (exact) mass is 239 g/mol. The van der Waals surface area contributed by atoms with Gasteiger partial charge in [0.15, 0.2) is 0 Å². The summed E-state index contributed by atoms with van der Waals surface area (Å²) in [6, 6.07) is 0. The number of hydrogen-bond acceptors (Lipinski definition) is 3. The fourth-order valence-corrected chi connectivity index (χ4v) is 1.88. The van der Waals surface area contributed by atoms with Gasteiger partial charge in [0.2, 0.25) is 0 Å². The maximum absolute atomic E-state index is 8.99. The molecule has 0 unspecified atom stereocenters. The lowest BCUT2D eigenvalue weighted by molar-refractivity contribution is 0.230. The topological polar surface area (TPSA) is 50.1 Å². The quantitative estimate of drug-likeness (QED) is 0.796. The van der Waals surface area contributed by atoms with Crippen LogP contribution in [0.3, 0.4) is 0 Å². The van der Waals surface area contributed by atoms with Gasteiger partial charge in [-0.25, -0.2) is 0 Å². The van der Waals surface area contributed by atoms with Crippen molar-refractivity contribution in [1.82, 2.24) is 15.1 Å². The zero-order chi connectivity index (χ0) is 13.1. The van der Waals surface area contributed by atoms with Crippen molar-refractivity contribution >= 4 is 0 Å². The Labute approximate surface area is 104 Å². The first kappa shape index (κ1) is 14.2. The third-order valence-corrected chi connectivity index (χ3v) is 2.98. The second-order valence-corrected chi connectivity index (χ2v) is 5.58. The first-order valence-corrected chi connectivity index (χ1v) is 6.24. The van der Waals surface area contributed by atoms with Crippen LogP contribution in [0.15, 0.2) is 6.20 Å². The summed E-state index contributed by atoms with van der Waals surface area (Å²) in [5.74, 6) is 0.439. The van der Waals surface area contributed by atoms with Crippen molar-refractivity contribution in [2.24, 2.45) is 7.05 Å². The molecular formula is C13H25N3O. The zero-order valence-corrected chi connectivity index (χ0v) is 11.6. The van der Waals surface area contributed by atoms with E-state index in [0.29, 0.717) is 5.92 Å². The van der Waals surface area contributed by atoms with Gasteiger partial charge in [0.1, 0.15) is 0 Å². The van der Waals surface area contributed by atoms with Crippen LogP contribution in [0.5, 0.6) is 0 Å². The average molecular weight is 239 g/mol. The minimum atomic E-state index is -0.0428. The van der Waals surface area contributed by atoms with Gasteiger partial charge in [0, 0.05) is 37.5 Å². The number of aromatic nitrogens is 2. The summed E-state index contributed by atoms with van der Waals surface area (Å²) in [6.07, 6.45) is 2.82. The first-order chi connectivity index (χ1) is 7.85. The number of aliphatic hydroxyl groups excluding tert-OH is 1. The van der Waals surface area contributed by atoms with E-state index < -0.39 is 0 Å². The van der Waals surface area contributed by atoms with E-state index in [4.69, 9.17) is 5.11 Å². The number of hydrogen-bond donors (Lipinski definition) is 2. The Morgan fingerprint density at radius 1 is 1.47 bits per heavy atom. The third kappa shape index (κ3) is 4.13. The number of rotatable bonds is 6. The van der Waals surface area contributed by atoms with E-state index in [0.717, 1.165) is 18.7 Å². The number of nitrogens with zero attached hydrogens (tertiary/aromatic N) is 2. The second kappa shape index (κ2) is 5.65. The first-order valence-electron chi connectivity index (χ1n) is 6.24. The molecule has 0 aliphatic rings. The van der Waals surface area contributed by atoms with Crippen LogP contribution in [-0.4, -0.2) is 27.0 Å². The Morgan fingerprint density at radius 2 is 2.12 bits per heavy atom. The SMILES string of the molecule is CC(C)c1nn(C)cc1CNC(C)(C)CCO. The summed E-state index contributed by atoms with van der Waals surface area (Å²) in [7, 11) is 1.95. The van der Waals surface area contributed by atoms with Crippen LogP contribution in [0.4, 0.5) is 0 Å². The molecule has 1 heterocycles. The van der Waals surface area contributed by atoms with E-state index >= 15 is 0 Å². The lowest BCUT2D eigenvalue weighted by Crippen LogP contribution is -2.39. The normalized spacial score (nSPS) is 12.4. The number of nitrogens with one attached hydrogen (secondary N) is 1. The Kier molecular flexibility index (Phi) is 4.71. The molecule has 4 nitrogen and oxygen atoms in total. The van der Waals surface area contributed by atoms with E-state index in [2.05, 4.69) is 44.3 Å². The molecule has 1 aromatic heterocycles. The third-order valence-electron chi connectivity index (χ3n) is 2.98. The maximum atomic E-state index is 8.99. The molecule has 0 spiro atoms. The van der Waals surface area contributed by atoms with E-state index in [9.17, 15) is 0 Å². The molecule has 2 N–H and O–H groups in total. The molecule has 0 aliphatic carbocycles. The minimum absolute atomic E-state index is 0.0428. The summed E-state index contributed by atoms with van der Waals surface area (Å²) in [4.78, 5) is 0. The summed E-state index contributed by atoms with van der Waals surface area (Å²) >= 11 is 0. The van der Waals surface area contributed by atoms with Crippen LogP contribution >= 0.6 is 0 Å². The van der Waals surface area contributed by atoms with Crippen LogP contribution in [0.25, 0.3) is 0 Å². The molecule has 0 saturated carbocycles. The van der Waals surface area contributed by atoms with Crippen LogP contribution in [0, 0.1) is 0 Å². The van der Waals surface area contributed by atoms with E-state index in [1.54, 1.807) is 0 Å². The van der Waals surface area contributed by atoms with Gasteiger partial charge in [-0.1, -0.05) is 13.8 Å². The largest absolute Gasteiger partial charge is 0.396 e. The molecular weight excluding hydrogens is 214 g/mol. The zero-order valence-electron chi connectivity index (χ0n) is 11.6. The molecule has 4 heteroatoms. The van der Waals surface area contributed by atoms with Gasteiger partial charge in [0.25, 0.3) is 0 Å². The van der Waals surface area contributed by atoms with Crippen LogP contribution in [0.2, 0.25) is 0 Å². The summed E-state index contributed by atoms with van der Waals surface area (Å²) in [5.41, 5.74) is 2.35. The molecule has 0 atom stereocenters. The standard InChI is InChI=1S/C13H25N3O/c1-10(2)12-11(9-16(5)15-12)8-14-13(3,4)6-7-17/h9-10,14,17H,6-8H2,1-5H3. The van der Waals surface area contributed by atoms with Gasteiger partial charge in [0.05, 0.1) is 5.69 Å². The average Bonchev–Trinajstić information content (AvgIpc) is 2.57. The summed E-state index contributed by atoms with van der Waals surface area (Å²) in [6.45, 7) is 9.54. The van der Waals surface area contributed by atoms with Gasteiger partial charge < -0.3 is 10.4 Å². The van der Waals surface area contributed by atoms with Crippen molar-refractivity contribution in [3.63, 3.8) is 0 Å². The molecule has 98 valence electrons. The van der Waals surface area contributed by atoms with Crippen molar-refractivity contribution in [3.8, 4) is 0 Å². The lowest BCUT2D eigenvalue weighted by Gasteiger charge is -2.25. The molecule has 0 bridgehead atoms. The van der Waals surface area contributed by atoms with Gasteiger partial charge in [-0.2, -0.15) is 5.10 Å². The van der Waals surface area contributed by atoms with Crippen molar-refractivity contribution in [3.05, 3.63) is 17.5 Å². The number of aryl methyl sites for hydroxylation is 1. The Hall–Kier alpha value is -0.870. The van der Waals surface area contributed by atoms with Gasteiger partial charge in [-0.05, 0) is 26.2 Å². The van der Waals surface area contributed by atoms with E-state index in [1.807, 2.05) is 11.7 Å². The Morgan fingerprint density at radius 3 is 2.65 bits per heavy atom. The Balaban J connectivity index is 2.68. The van der Waals surface area contributed by atoms with Gasteiger partial charge in [-0.15, -0.1) is 0 Å². The van der Waals surface area contributed by atoms with Crippen molar-refractivity contribution in [1.29, 1.82) is 0 Å². The molecule has 0 radical (unpaired) electrons. The molecule has 17 heavy (non-hydrogen) atoms. The van der Waals surface area contributed by atoms with Crippen LogP contribution in [-0.2, 0) is 13.6 Å². The van der Waals surface area contributed by atoms with Crippen LogP contribution in [0.1, 0.15) is 51.3 Å². The molecule has 0 saturated heterocycles. The Bertz CT molecular complexity index is 356. The van der Waals surface area contributed by atoms with E-state index in [-0.39, 0.29) is 12.1 Å². The number of aliphatic hydroxyl groups is 1. The highest BCUT2D eigenvalue weighted by atomic mass is 16.3. The predicted molar refractivity (Wildman–Crippen MR) is 69.9 cm³/mol. The lowest BCUT2D eigenvalue weighted by atomic mass is 10.00.